The van der Waals surface area contributed by atoms with Crippen LogP contribution in [-0.2, 0) is 4.79 Å². The van der Waals surface area contributed by atoms with E-state index >= 15 is 0 Å². The first-order valence-electron chi connectivity index (χ1n) is 6.04. The molecule has 0 aliphatic rings. The third kappa shape index (κ3) is 3.93. The summed E-state index contributed by atoms with van der Waals surface area (Å²) in [6.07, 6.45) is 1.59. The van der Waals surface area contributed by atoms with Gasteiger partial charge >= 0.3 is 0 Å². The van der Waals surface area contributed by atoms with Gasteiger partial charge in [0, 0.05) is 24.2 Å². The van der Waals surface area contributed by atoms with Crippen LogP contribution in [0.3, 0.4) is 0 Å². The van der Waals surface area contributed by atoms with Gasteiger partial charge in [-0.1, -0.05) is 0 Å². The van der Waals surface area contributed by atoms with Crippen LogP contribution in [0.1, 0.15) is 10.4 Å². The highest BCUT2D eigenvalue weighted by Gasteiger charge is 2.10. The van der Waals surface area contributed by atoms with E-state index in [9.17, 15) is 9.59 Å². The summed E-state index contributed by atoms with van der Waals surface area (Å²) in [5.74, 6) is -0.230. The van der Waals surface area contributed by atoms with Crippen molar-refractivity contribution >= 4 is 34.0 Å². The molecule has 7 nitrogen and oxygen atoms in total. The van der Waals surface area contributed by atoms with E-state index in [1.807, 2.05) is 0 Å². The lowest BCUT2D eigenvalue weighted by atomic mass is 10.2. The quantitative estimate of drug-likeness (QED) is 0.717. The molecule has 110 valence electrons. The molecule has 0 saturated heterocycles. The molecule has 4 N–H and O–H groups in total. The summed E-state index contributed by atoms with van der Waals surface area (Å²) < 4.78 is 5.32. The van der Waals surface area contributed by atoms with Crippen LogP contribution in [0, 0.1) is 0 Å². The number of carbonyl (C=O) groups excluding carboxylic acids is 2. The first-order chi connectivity index (χ1) is 10.1. The van der Waals surface area contributed by atoms with Crippen molar-refractivity contribution in [1.82, 2.24) is 10.3 Å². The summed E-state index contributed by atoms with van der Waals surface area (Å²) in [4.78, 5) is 27.0. The van der Waals surface area contributed by atoms with Crippen molar-refractivity contribution in [2.24, 2.45) is 0 Å². The third-order valence-corrected chi connectivity index (χ3v) is 3.23. The van der Waals surface area contributed by atoms with Crippen molar-refractivity contribution in [2.45, 2.75) is 0 Å². The van der Waals surface area contributed by atoms with E-state index < -0.39 is 0 Å². The van der Waals surface area contributed by atoms with Crippen molar-refractivity contribution < 1.29 is 14.3 Å². The molecule has 0 aliphatic heterocycles. The van der Waals surface area contributed by atoms with Crippen LogP contribution in [0.4, 0.5) is 10.8 Å². The Morgan fingerprint density at radius 3 is 2.86 bits per heavy atom. The number of nitrogens with zero attached hydrogens (tertiary/aromatic N) is 1. The molecule has 0 radical (unpaired) electrons. The standard InChI is InChI=1S/C13H14N4O3S/c1-15-12(19)8-2-3-10(9(14)6-8)20-7-11(18)17-13-16-4-5-21-13/h2-6H,7,14H2,1H3,(H,15,19)(H,16,17,18). The number of aromatic nitrogens is 1. The average molecular weight is 306 g/mol. The topological polar surface area (TPSA) is 106 Å². The number of rotatable bonds is 5. The molecule has 0 saturated carbocycles. The molecule has 1 aromatic carbocycles. The van der Waals surface area contributed by atoms with Gasteiger partial charge in [0.05, 0.1) is 5.69 Å². The number of amides is 2. The molecule has 1 heterocycles. The van der Waals surface area contributed by atoms with Crippen molar-refractivity contribution in [3.8, 4) is 5.75 Å². The number of hydrogen-bond donors (Lipinski definition) is 3. The Labute approximate surface area is 125 Å². The highest BCUT2D eigenvalue weighted by molar-refractivity contribution is 7.13. The van der Waals surface area contributed by atoms with Crippen molar-refractivity contribution in [2.75, 3.05) is 24.7 Å². The Hall–Kier alpha value is -2.61. The first-order valence-corrected chi connectivity index (χ1v) is 6.92. The van der Waals surface area contributed by atoms with Gasteiger partial charge in [0.15, 0.2) is 11.7 Å². The highest BCUT2D eigenvalue weighted by atomic mass is 32.1. The summed E-state index contributed by atoms with van der Waals surface area (Å²) in [7, 11) is 1.53. The van der Waals surface area contributed by atoms with Gasteiger partial charge in [-0.15, -0.1) is 11.3 Å². The number of anilines is 2. The monoisotopic (exact) mass is 306 g/mol. The van der Waals surface area contributed by atoms with Crippen LogP contribution < -0.4 is 21.1 Å². The predicted molar refractivity (Wildman–Crippen MR) is 80.5 cm³/mol. The van der Waals surface area contributed by atoms with Gasteiger partial charge in [-0.2, -0.15) is 0 Å². The van der Waals surface area contributed by atoms with E-state index in [1.165, 1.54) is 24.5 Å². The van der Waals surface area contributed by atoms with Gasteiger partial charge in [-0.3, -0.25) is 14.9 Å². The van der Waals surface area contributed by atoms with Crippen LogP contribution in [0.2, 0.25) is 0 Å². The number of nitrogen functional groups attached to an aromatic ring is 1. The summed E-state index contributed by atoms with van der Waals surface area (Å²) in [6.45, 7) is -0.191. The average Bonchev–Trinajstić information content (AvgIpc) is 2.98. The second kappa shape index (κ2) is 6.71. The second-order valence-electron chi connectivity index (χ2n) is 4.01. The minimum atomic E-state index is -0.334. The molecule has 0 bridgehead atoms. The molecule has 2 amide bonds. The first kappa shape index (κ1) is 14.8. The summed E-state index contributed by atoms with van der Waals surface area (Å²) in [5.41, 5.74) is 6.50. The molecule has 0 unspecified atom stereocenters. The third-order valence-electron chi connectivity index (χ3n) is 2.54. The molecule has 0 atom stereocenters. The van der Waals surface area contributed by atoms with Crippen LogP contribution >= 0.6 is 11.3 Å². The molecule has 0 spiro atoms. The normalized spacial score (nSPS) is 9.95. The minimum Gasteiger partial charge on any atom is -0.482 e. The van der Waals surface area contributed by atoms with E-state index in [2.05, 4.69) is 15.6 Å². The Bertz CT molecular complexity index is 643. The SMILES string of the molecule is CNC(=O)c1ccc(OCC(=O)Nc2nccs2)c(N)c1. The summed E-state index contributed by atoms with van der Waals surface area (Å²) in [6, 6.07) is 4.62. The van der Waals surface area contributed by atoms with E-state index in [1.54, 1.807) is 23.7 Å². The fraction of sp³-hybridized carbons (Fsp3) is 0.154. The molecule has 1 aromatic heterocycles. The maximum Gasteiger partial charge on any atom is 0.264 e. The lowest BCUT2D eigenvalue weighted by molar-refractivity contribution is -0.118. The van der Waals surface area contributed by atoms with Crippen LogP contribution in [0.15, 0.2) is 29.8 Å². The Balaban J connectivity index is 1.94. The number of benzene rings is 1. The number of nitrogens with one attached hydrogen (secondary N) is 2. The summed E-state index contributed by atoms with van der Waals surface area (Å²) >= 11 is 1.32. The van der Waals surface area contributed by atoms with Gasteiger partial charge in [-0.05, 0) is 18.2 Å². The minimum absolute atomic E-state index is 0.191. The molecule has 8 heteroatoms. The fourth-order valence-corrected chi connectivity index (χ4v) is 2.09. The Morgan fingerprint density at radius 1 is 1.43 bits per heavy atom. The fourth-order valence-electron chi connectivity index (χ4n) is 1.55. The highest BCUT2D eigenvalue weighted by Crippen LogP contribution is 2.22. The zero-order chi connectivity index (χ0) is 15.2. The van der Waals surface area contributed by atoms with Crippen molar-refractivity contribution in [3.05, 3.63) is 35.3 Å². The zero-order valence-electron chi connectivity index (χ0n) is 11.3. The largest absolute Gasteiger partial charge is 0.482 e. The van der Waals surface area contributed by atoms with E-state index in [4.69, 9.17) is 10.5 Å². The van der Waals surface area contributed by atoms with Gasteiger partial charge < -0.3 is 15.8 Å². The van der Waals surface area contributed by atoms with E-state index in [0.717, 1.165) is 0 Å². The predicted octanol–water partition coefficient (Wildman–Crippen LogP) is 1.10. The molecule has 0 fully saturated rings. The van der Waals surface area contributed by atoms with Gasteiger partial charge in [-0.25, -0.2) is 4.98 Å². The van der Waals surface area contributed by atoms with Crippen molar-refractivity contribution in [1.29, 1.82) is 0 Å². The number of ether oxygens (including phenoxy) is 1. The second-order valence-corrected chi connectivity index (χ2v) is 4.90. The smallest absolute Gasteiger partial charge is 0.264 e. The van der Waals surface area contributed by atoms with Gasteiger partial charge in [0.25, 0.3) is 11.8 Å². The number of thiazole rings is 1. The maximum atomic E-state index is 11.6. The Morgan fingerprint density at radius 2 is 2.24 bits per heavy atom. The molecule has 0 aliphatic carbocycles. The van der Waals surface area contributed by atoms with E-state index in [0.29, 0.717) is 16.4 Å². The maximum absolute atomic E-state index is 11.6. The van der Waals surface area contributed by atoms with Crippen LogP contribution in [-0.4, -0.2) is 30.5 Å². The lowest BCUT2D eigenvalue weighted by Crippen LogP contribution is -2.21. The number of carbonyl (C=O) groups is 2. The van der Waals surface area contributed by atoms with Crippen LogP contribution in [0.5, 0.6) is 5.75 Å². The lowest BCUT2D eigenvalue weighted by Gasteiger charge is -2.09. The molecule has 2 rings (SSSR count). The molecular formula is C13H14N4O3S. The molecule has 2 aromatic rings. The van der Waals surface area contributed by atoms with Gasteiger partial charge in [0.1, 0.15) is 5.75 Å². The zero-order valence-corrected chi connectivity index (χ0v) is 12.1. The number of nitrogens with two attached hydrogens (primary N) is 1. The van der Waals surface area contributed by atoms with E-state index in [-0.39, 0.29) is 24.1 Å². The van der Waals surface area contributed by atoms with Gasteiger partial charge in [0.2, 0.25) is 0 Å². The summed E-state index contributed by atoms with van der Waals surface area (Å²) in [5, 5.41) is 7.35. The number of hydrogen-bond acceptors (Lipinski definition) is 6. The molecule has 21 heavy (non-hydrogen) atoms. The van der Waals surface area contributed by atoms with Crippen molar-refractivity contribution in [3.63, 3.8) is 0 Å². The Kier molecular flexibility index (Phi) is 4.72. The molecular weight excluding hydrogens is 292 g/mol. The van der Waals surface area contributed by atoms with Crippen LogP contribution in [0.25, 0.3) is 0 Å².